The quantitative estimate of drug-likeness (QED) is 0.853. The van der Waals surface area contributed by atoms with Crippen LogP contribution in [0.4, 0.5) is 17.2 Å². The zero-order chi connectivity index (χ0) is 20.1. The lowest BCUT2D eigenvalue weighted by molar-refractivity contribution is -0.120. The third-order valence-electron chi connectivity index (χ3n) is 4.88. The normalized spacial score (nSPS) is 14.2. The van der Waals surface area contributed by atoms with Crippen molar-refractivity contribution in [3.8, 4) is 6.07 Å². The maximum absolute atomic E-state index is 12.7. The largest absolute Gasteiger partial charge is 0.357 e. The number of benzene rings is 1. The molecule has 1 saturated heterocycles. The number of nitriles is 1. The van der Waals surface area contributed by atoms with Crippen LogP contribution >= 0.6 is 0 Å². The number of anilines is 3. The van der Waals surface area contributed by atoms with Crippen LogP contribution in [-0.2, 0) is 9.59 Å². The smallest absolute Gasteiger partial charge is 0.227 e. The molecule has 28 heavy (non-hydrogen) atoms. The minimum atomic E-state index is -0.148. The molecule has 3 rings (SSSR count). The van der Waals surface area contributed by atoms with Crippen LogP contribution in [0, 0.1) is 24.2 Å². The summed E-state index contributed by atoms with van der Waals surface area (Å²) in [4.78, 5) is 30.4. The molecule has 2 aromatic rings. The molecule has 1 aliphatic heterocycles. The van der Waals surface area contributed by atoms with Gasteiger partial charge in [0.25, 0.3) is 0 Å². The van der Waals surface area contributed by atoms with E-state index in [1.165, 1.54) is 6.92 Å². The predicted molar refractivity (Wildman–Crippen MR) is 108 cm³/mol. The molecule has 0 saturated carbocycles. The number of rotatable bonds is 4. The van der Waals surface area contributed by atoms with Gasteiger partial charge < -0.3 is 15.5 Å². The van der Waals surface area contributed by atoms with Gasteiger partial charge in [0.05, 0.1) is 5.56 Å². The second kappa shape index (κ2) is 8.53. The molecular formula is C21H23N5O2. The third-order valence-corrected chi connectivity index (χ3v) is 4.88. The number of carbonyl (C=O) groups excluding carboxylic acids is 2. The van der Waals surface area contributed by atoms with E-state index in [9.17, 15) is 9.59 Å². The van der Waals surface area contributed by atoms with E-state index >= 15 is 0 Å². The third kappa shape index (κ3) is 4.65. The SMILES string of the molecule is CC(=O)Nc1ccc(C)c(NC(=O)C2CCN(c3ccc(C#N)cn3)CC2)c1. The number of carbonyl (C=O) groups is 2. The first-order valence-electron chi connectivity index (χ1n) is 9.26. The van der Waals surface area contributed by atoms with Gasteiger partial charge in [-0.05, 0) is 49.6 Å². The van der Waals surface area contributed by atoms with Gasteiger partial charge in [0.1, 0.15) is 11.9 Å². The van der Waals surface area contributed by atoms with Crippen molar-refractivity contribution in [2.75, 3.05) is 28.6 Å². The number of amides is 2. The summed E-state index contributed by atoms with van der Waals surface area (Å²) >= 11 is 0. The molecule has 2 N–H and O–H groups in total. The number of nitrogens with zero attached hydrogens (tertiary/aromatic N) is 3. The van der Waals surface area contributed by atoms with Crippen LogP contribution in [-0.4, -0.2) is 29.9 Å². The van der Waals surface area contributed by atoms with Crippen LogP contribution < -0.4 is 15.5 Å². The molecule has 1 aromatic carbocycles. The molecule has 0 radical (unpaired) electrons. The molecule has 7 nitrogen and oxygen atoms in total. The first-order valence-corrected chi connectivity index (χ1v) is 9.26. The van der Waals surface area contributed by atoms with E-state index in [0.717, 1.165) is 37.3 Å². The van der Waals surface area contributed by atoms with E-state index in [-0.39, 0.29) is 17.7 Å². The molecule has 2 amide bonds. The van der Waals surface area contributed by atoms with Gasteiger partial charge in [0.2, 0.25) is 11.8 Å². The van der Waals surface area contributed by atoms with Gasteiger partial charge in [0.15, 0.2) is 0 Å². The number of hydrogen-bond acceptors (Lipinski definition) is 5. The Kier molecular flexibility index (Phi) is 5.90. The molecule has 0 unspecified atom stereocenters. The average molecular weight is 377 g/mol. The standard InChI is InChI=1S/C21H23N5O2/c1-14-3-5-18(24-15(2)27)11-19(14)25-21(28)17-7-9-26(10-8-17)20-6-4-16(12-22)13-23-20/h3-6,11,13,17H,7-10H2,1-2H3,(H,24,27)(H,25,28). The highest BCUT2D eigenvalue weighted by molar-refractivity contribution is 5.95. The number of nitrogens with one attached hydrogen (secondary N) is 2. The van der Waals surface area contributed by atoms with Gasteiger partial charge in [-0.25, -0.2) is 4.98 Å². The van der Waals surface area contributed by atoms with Gasteiger partial charge >= 0.3 is 0 Å². The highest BCUT2D eigenvalue weighted by Gasteiger charge is 2.26. The summed E-state index contributed by atoms with van der Waals surface area (Å²) in [5, 5.41) is 14.6. The Labute approximate surface area is 164 Å². The van der Waals surface area contributed by atoms with Crippen molar-refractivity contribution in [2.24, 2.45) is 5.92 Å². The summed E-state index contributed by atoms with van der Waals surface area (Å²) in [6.45, 7) is 4.85. The second-order valence-corrected chi connectivity index (χ2v) is 6.98. The number of hydrogen-bond donors (Lipinski definition) is 2. The average Bonchev–Trinajstić information content (AvgIpc) is 2.70. The molecule has 1 aromatic heterocycles. The van der Waals surface area contributed by atoms with E-state index in [4.69, 9.17) is 5.26 Å². The van der Waals surface area contributed by atoms with Gasteiger partial charge in [-0.1, -0.05) is 6.07 Å². The maximum atomic E-state index is 12.7. The number of pyridine rings is 1. The lowest BCUT2D eigenvalue weighted by Crippen LogP contribution is -2.38. The minimum absolute atomic E-state index is 0.00415. The lowest BCUT2D eigenvalue weighted by Gasteiger charge is -2.32. The second-order valence-electron chi connectivity index (χ2n) is 6.98. The van der Waals surface area contributed by atoms with Crippen molar-refractivity contribution in [2.45, 2.75) is 26.7 Å². The van der Waals surface area contributed by atoms with Crippen LogP contribution in [0.25, 0.3) is 0 Å². The highest BCUT2D eigenvalue weighted by Crippen LogP contribution is 2.25. The summed E-state index contributed by atoms with van der Waals surface area (Å²) in [6, 6.07) is 11.1. The Balaban J connectivity index is 1.59. The molecule has 0 spiro atoms. The van der Waals surface area contributed by atoms with E-state index in [1.807, 2.05) is 25.1 Å². The van der Waals surface area contributed by atoms with Gasteiger partial charge in [-0.2, -0.15) is 5.26 Å². The summed E-state index contributed by atoms with van der Waals surface area (Å²) in [5.41, 5.74) is 2.86. The highest BCUT2D eigenvalue weighted by atomic mass is 16.2. The zero-order valence-corrected chi connectivity index (χ0v) is 16.0. The number of aromatic nitrogens is 1. The molecule has 1 aliphatic rings. The summed E-state index contributed by atoms with van der Waals surface area (Å²) in [6.07, 6.45) is 3.04. The fourth-order valence-corrected chi connectivity index (χ4v) is 3.28. The Hall–Kier alpha value is -3.40. The van der Waals surface area contributed by atoms with Crippen molar-refractivity contribution >= 4 is 29.0 Å². The van der Waals surface area contributed by atoms with Crippen LogP contribution in [0.2, 0.25) is 0 Å². The molecule has 7 heteroatoms. The Morgan fingerprint density at radius 2 is 1.93 bits per heavy atom. The van der Waals surface area contributed by atoms with Gasteiger partial charge in [-0.3, -0.25) is 9.59 Å². The topological polar surface area (TPSA) is 98.1 Å². The van der Waals surface area contributed by atoms with Crippen molar-refractivity contribution in [3.05, 3.63) is 47.7 Å². The molecule has 2 heterocycles. The molecule has 144 valence electrons. The first-order chi connectivity index (χ1) is 13.5. The van der Waals surface area contributed by atoms with Crippen molar-refractivity contribution in [3.63, 3.8) is 0 Å². The Morgan fingerprint density at radius 1 is 1.18 bits per heavy atom. The van der Waals surface area contributed by atoms with Gasteiger partial charge in [-0.15, -0.1) is 0 Å². The summed E-state index contributed by atoms with van der Waals surface area (Å²) in [5.74, 6) is 0.607. The van der Waals surface area contributed by atoms with Crippen molar-refractivity contribution in [1.82, 2.24) is 4.98 Å². The zero-order valence-electron chi connectivity index (χ0n) is 16.0. The molecule has 1 fully saturated rings. The Bertz CT molecular complexity index is 909. The first kappa shape index (κ1) is 19.4. The monoisotopic (exact) mass is 377 g/mol. The van der Waals surface area contributed by atoms with E-state index < -0.39 is 0 Å². The van der Waals surface area contributed by atoms with Gasteiger partial charge in [0, 0.05) is 43.5 Å². The van der Waals surface area contributed by atoms with Crippen molar-refractivity contribution in [1.29, 1.82) is 5.26 Å². The number of aryl methyl sites for hydroxylation is 1. The van der Waals surface area contributed by atoms with Crippen LogP contribution in [0.1, 0.15) is 30.9 Å². The molecule has 0 atom stereocenters. The van der Waals surface area contributed by atoms with Crippen molar-refractivity contribution < 1.29 is 9.59 Å². The fourth-order valence-electron chi connectivity index (χ4n) is 3.28. The fraction of sp³-hybridized carbons (Fsp3) is 0.333. The predicted octanol–water partition coefficient (Wildman–Crippen LogP) is 3.08. The van der Waals surface area contributed by atoms with E-state index in [2.05, 4.69) is 26.6 Å². The lowest BCUT2D eigenvalue weighted by atomic mass is 9.95. The van der Waals surface area contributed by atoms with Crippen LogP contribution in [0.5, 0.6) is 0 Å². The maximum Gasteiger partial charge on any atom is 0.227 e. The van der Waals surface area contributed by atoms with E-state index in [1.54, 1.807) is 18.3 Å². The molecule has 0 bridgehead atoms. The van der Waals surface area contributed by atoms with Crippen LogP contribution in [0.3, 0.4) is 0 Å². The minimum Gasteiger partial charge on any atom is -0.357 e. The Morgan fingerprint density at radius 3 is 2.54 bits per heavy atom. The molecular weight excluding hydrogens is 354 g/mol. The molecule has 0 aliphatic carbocycles. The number of piperidine rings is 1. The van der Waals surface area contributed by atoms with Crippen LogP contribution in [0.15, 0.2) is 36.5 Å². The summed E-state index contributed by atoms with van der Waals surface area (Å²) in [7, 11) is 0. The van der Waals surface area contributed by atoms with E-state index in [0.29, 0.717) is 16.9 Å². The summed E-state index contributed by atoms with van der Waals surface area (Å²) < 4.78 is 0.